The summed E-state index contributed by atoms with van der Waals surface area (Å²) in [6.45, 7) is 2.19. The zero-order valence-corrected chi connectivity index (χ0v) is 7.66. The fraction of sp³-hybridized carbons (Fsp3) is 0.667. The van der Waals surface area contributed by atoms with Crippen molar-refractivity contribution in [3.8, 4) is 0 Å². The van der Waals surface area contributed by atoms with Crippen molar-refractivity contribution in [2.75, 3.05) is 0 Å². The standard InChI is InChI=1S/C6H7F3O3S/c1-3-4(2)13(10,11)12-5(3)6(7,8)9/h5H,1-2H3. The lowest BCUT2D eigenvalue weighted by atomic mass is 10.1. The van der Waals surface area contributed by atoms with Crippen molar-refractivity contribution in [3.63, 3.8) is 0 Å². The Labute approximate surface area is 73.3 Å². The summed E-state index contributed by atoms with van der Waals surface area (Å²) in [4.78, 5) is -0.352. The van der Waals surface area contributed by atoms with E-state index in [4.69, 9.17) is 0 Å². The molecule has 0 amide bonds. The fourth-order valence-electron chi connectivity index (χ4n) is 0.953. The van der Waals surface area contributed by atoms with Crippen LogP contribution in [0, 0.1) is 0 Å². The average molecular weight is 216 g/mol. The van der Waals surface area contributed by atoms with Crippen LogP contribution < -0.4 is 0 Å². The molecule has 1 unspecified atom stereocenters. The van der Waals surface area contributed by atoms with Gasteiger partial charge in [0, 0.05) is 0 Å². The highest BCUT2D eigenvalue weighted by Gasteiger charge is 2.50. The van der Waals surface area contributed by atoms with Crippen molar-refractivity contribution in [1.82, 2.24) is 0 Å². The highest BCUT2D eigenvalue weighted by Crippen LogP contribution is 2.37. The van der Waals surface area contributed by atoms with Gasteiger partial charge in [0.25, 0.3) is 10.1 Å². The van der Waals surface area contributed by atoms with E-state index in [-0.39, 0.29) is 10.5 Å². The van der Waals surface area contributed by atoms with Crippen LogP contribution in [-0.2, 0) is 14.3 Å². The number of rotatable bonds is 0. The third-order valence-corrected chi connectivity index (χ3v) is 3.36. The largest absolute Gasteiger partial charge is 0.420 e. The van der Waals surface area contributed by atoms with E-state index >= 15 is 0 Å². The molecule has 1 atom stereocenters. The molecule has 0 saturated heterocycles. The Hall–Kier alpha value is -0.560. The van der Waals surface area contributed by atoms with E-state index in [2.05, 4.69) is 4.18 Å². The van der Waals surface area contributed by atoms with Crippen molar-refractivity contribution in [1.29, 1.82) is 0 Å². The molecule has 0 aromatic heterocycles. The van der Waals surface area contributed by atoms with Crippen molar-refractivity contribution in [2.45, 2.75) is 26.1 Å². The Balaban J connectivity index is 3.15. The number of hydrogen-bond donors (Lipinski definition) is 0. The molecule has 3 nitrogen and oxygen atoms in total. The van der Waals surface area contributed by atoms with E-state index < -0.39 is 22.4 Å². The average Bonchev–Trinajstić information content (AvgIpc) is 2.12. The second-order valence-corrected chi connectivity index (χ2v) is 4.42. The lowest BCUT2D eigenvalue weighted by molar-refractivity contribution is -0.180. The third kappa shape index (κ3) is 1.71. The van der Waals surface area contributed by atoms with Gasteiger partial charge in [-0.2, -0.15) is 21.6 Å². The van der Waals surface area contributed by atoms with Gasteiger partial charge in [-0.25, -0.2) is 4.18 Å². The summed E-state index contributed by atoms with van der Waals surface area (Å²) in [5.41, 5.74) is -0.299. The number of alkyl halides is 3. The van der Waals surface area contributed by atoms with Crippen LogP contribution in [0.3, 0.4) is 0 Å². The molecule has 0 N–H and O–H groups in total. The quantitative estimate of drug-likeness (QED) is 0.577. The molecular formula is C6H7F3O3S. The van der Waals surface area contributed by atoms with E-state index in [1.807, 2.05) is 0 Å². The van der Waals surface area contributed by atoms with Gasteiger partial charge >= 0.3 is 6.18 Å². The first-order chi connectivity index (χ1) is 5.66. The van der Waals surface area contributed by atoms with Crippen LogP contribution >= 0.6 is 0 Å². The van der Waals surface area contributed by atoms with Crippen LogP contribution in [0.5, 0.6) is 0 Å². The lowest BCUT2D eigenvalue weighted by Crippen LogP contribution is -2.30. The Bertz CT molecular complexity index is 352. The summed E-state index contributed by atoms with van der Waals surface area (Å²) in [7, 11) is -4.15. The number of allylic oxidation sites excluding steroid dienone is 1. The molecule has 0 aromatic rings. The zero-order valence-electron chi connectivity index (χ0n) is 6.84. The Morgan fingerprint density at radius 3 is 1.92 bits per heavy atom. The molecule has 1 aliphatic rings. The molecule has 76 valence electrons. The molecule has 1 aliphatic heterocycles. The first-order valence-electron chi connectivity index (χ1n) is 3.33. The van der Waals surface area contributed by atoms with E-state index in [1.54, 1.807) is 0 Å². The minimum absolute atomic E-state index is 0.299. The van der Waals surface area contributed by atoms with Crippen LogP contribution in [0.4, 0.5) is 13.2 Å². The first kappa shape index (κ1) is 10.5. The maximum absolute atomic E-state index is 12.1. The third-order valence-electron chi connectivity index (χ3n) is 1.84. The van der Waals surface area contributed by atoms with Crippen LogP contribution in [0.15, 0.2) is 10.5 Å². The minimum atomic E-state index is -4.67. The van der Waals surface area contributed by atoms with E-state index in [9.17, 15) is 21.6 Å². The summed E-state index contributed by atoms with van der Waals surface area (Å²) in [6, 6.07) is 0. The zero-order chi connectivity index (χ0) is 10.4. The van der Waals surface area contributed by atoms with Gasteiger partial charge in [-0.05, 0) is 19.4 Å². The Morgan fingerprint density at radius 2 is 1.77 bits per heavy atom. The van der Waals surface area contributed by atoms with Gasteiger partial charge in [0.2, 0.25) is 0 Å². The van der Waals surface area contributed by atoms with Gasteiger partial charge in [-0.1, -0.05) is 0 Å². The van der Waals surface area contributed by atoms with Gasteiger partial charge in [0.15, 0.2) is 6.10 Å². The topological polar surface area (TPSA) is 43.4 Å². The predicted molar refractivity (Wildman–Crippen MR) is 38.2 cm³/mol. The second-order valence-electron chi connectivity index (χ2n) is 2.71. The molecule has 0 saturated carbocycles. The van der Waals surface area contributed by atoms with Crippen molar-refractivity contribution in [3.05, 3.63) is 10.5 Å². The van der Waals surface area contributed by atoms with Gasteiger partial charge < -0.3 is 0 Å². The molecule has 0 bridgehead atoms. The van der Waals surface area contributed by atoms with Crippen LogP contribution in [0.1, 0.15) is 13.8 Å². The summed E-state index contributed by atoms with van der Waals surface area (Å²) in [6.07, 6.45) is -6.98. The minimum Gasteiger partial charge on any atom is -0.249 e. The predicted octanol–water partition coefficient (Wildman–Crippen LogP) is 1.57. The SMILES string of the molecule is CC1=C(C)S(=O)(=O)OC1C(F)(F)F. The summed E-state index contributed by atoms with van der Waals surface area (Å²) >= 11 is 0. The molecule has 0 spiro atoms. The van der Waals surface area contributed by atoms with Crippen molar-refractivity contribution in [2.24, 2.45) is 0 Å². The summed E-state index contributed by atoms with van der Waals surface area (Å²) in [5, 5.41) is 0. The van der Waals surface area contributed by atoms with Crippen molar-refractivity contribution < 1.29 is 25.8 Å². The van der Waals surface area contributed by atoms with Crippen LogP contribution in [0.2, 0.25) is 0 Å². The van der Waals surface area contributed by atoms with Gasteiger partial charge in [-0.3, -0.25) is 0 Å². The monoisotopic (exact) mass is 216 g/mol. The van der Waals surface area contributed by atoms with Crippen LogP contribution in [0.25, 0.3) is 0 Å². The number of halogens is 3. The molecule has 0 radical (unpaired) electrons. The molecule has 7 heteroatoms. The summed E-state index contributed by atoms with van der Waals surface area (Å²) < 4.78 is 61.9. The number of hydrogen-bond acceptors (Lipinski definition) is 3. The lowest BCUT2D eigenvalue weighted by Gasteiger charge is -2.13. The highest BCUT2D eigenvalue weighted by molar-refractivity contribution is 7.90. The van der Waals surface area contributed by atoms with Gasteiger partial charge in [0.1, 0.15) is 0 Å². The maximum atomic E-state index is 12.1. The molecule has 0 aliphatic carbocycles. The Kier molecular flexibility index (Phi) is 2.20. The Morgan fingerprint density at radius 1 is 1.31 bits per heavy atom. The van der Waals surface area contributed by atoms with Gasteiger partial charge in [-0.15, -0.1) is 0 Å². The molecule has 13 heavy (non-hydrogen) atoms. The van der Waals surface area contributed by atoms with Gasteiger partial charge in [0.05, 0.1) is 4.91 Å². The highest BCUT2D eigenvalue weighted by atomic mass is 32.2. The second kappa shape index (κ2) is 2.71. The normalized spacial score (nSPS) is 28.2. The van der Waals surface area contributed by atoms with E-state index in [0.717, 1.165) is 13.8 Å². The summed E-state index contributed by atoms with van der Waals surface area (Å²) in [5.74, 6) is 0. The molecule has 0 fully saturated rings. The molecule has 1 rings (SSSR count). The molecule has 1 heterocycles. The fourth-order valence-corrected chi connectivity index (χ4v) is 2.11. The van der Waals surface area contributed by atoms with E-state index in [1.165, 1.54) is 0 Å². The molecular weight excluding hydrogens is 209 g/mol. The maximum Gasteiger partial charge on any atom is 0.420 e. The first-order valence-corrected chi connectivity index (χ1v) is 4.74. The van der Waals surface area contributed by atoms with Crippen molar-refractivity contribution >= 4 is 10.1 Å². The molecule has 0 aromatic carbocycles. The van der Waals surface area contributed by atoms with E-state index in [0.29, 0.717) is 0 Å². The smallest absolute Gasteiger partial charge is 0.249 e. The van der Waals surface area contributed by atoms with Crippen LogP contribution in [-0.4, -0.2) is 20.7 Å².